The third-order valence-electron chi connectivity index (χ3n) is 4.08. The normalized spacial score (nSPS) is 11.0. The highest BCUT2D eigenvalue weighted by Crippen LogP contribution is 2.29. The van der Waals surface area contributed by atoms with Crippen molar-refractivity contribution in [3.8, 4) is 17.4 Å². The Hall–Kier alpha value is -3.53. The first kappa shape index (κ1) is 22.2. The van der Waals surface area contributed by atoms with Crippen LogP contribution in [-0.2, 0) is 9.53 Å². The number of nitrogens with one attached hydrogen (secondary N) is 1. The summed E-state index contributed by atoms with van der Waals surface area (Å²) in [5, 5.41) is 12.9. The van der Waals surface area contributed by atoms with Crippen LogP contribution in [0.2, 0.25) is 10.0 Å². The van der Waals surface area contributed by atoms with E-state index in [2.05, 4.69) is 5.32 Å². The molecule has 0 bridgehead atoms. The van der Waals surface area contributed by atoms with Crippen LogP contribution in [-0.4, -0.2) is 18.5 Å². The molecule has 1 N–H and O–H groups in total. The first-order valence-electron chi connectivity index (χ1n) is 9.16. The van der Waals surface area contributed by atoms with Gasteiger partial charge in [0.2, 0.25) is 0 Å². The van der Waals surface area contributed by atoms with Crippen LogP contribution in [0, 0.1) is 11.3 Å². The lowest BCUT2D eigenvalue weighted by Crippen LogP contribution is -2.13. The fraction of sp³-hybridized carbons (Fsp3) is 0.0870. The number of nitrogens with zero attached hydrogens (tertiary/aromatic N) is 1. The van der Waals surface area contributed by atoms with Crippen molar-refractivity contribution in [2.45, 2.75) is 6.92 Å². The number of carbonyl (C=O) groups excluding carboxylic acids is 2. The highest BCUT2D eigenvalue weighted by atomic mass is 35.5. The Labute approximate surface area is 188 Å². The van der Waals surface area contributed by atoms with Gasteiger partial charge < -0.3 is 14.5 Å². The molecule has 0 unspecified atom stereocenters. The molecule has 0 saturated heterocycles. The number of benzene rings is 2. The van der Waals surface area contributed by atoms with Crippen molar-refractivity contribution in [1.29, 1.82) is 5.26 Å². The molecule has 3 rings (SSSR count). The molecule has 6 nitrogen and oxygen atoms in total. The minimum atomic E-state index is -0.616. The highest BCUT2D eigenvalue weighted by molar-refractivity contribution is 6.35. The van der Waals surface area contributed by atoms with Crippen molar-refractivity contribution in [3.63, 3.8) is 0 Å². The zero-order chi connectivity index (χ0) is 22.4. The number of rotatable bonds is 6. The van der Waals surface area contributed by atoms with Crippen LogP contribution in [0.3, 0.4) is 0 Å². The maximum Gasteiger partial charge on any atom is 0.338 e. The predicted molar refractivity (Wildman–Crippen MR) is 119 cm³/mol. The van der Waals surface area contributed by atoms with Crippen LogP contribution in [0.4, 0.5) is 5.69 Å². The van der Waals surface area contributed by atoms with Crippen LogP contribution in [0.5, 0.6) is 0 Å². The summed E-state index contributed by atoms with van der Waals surface area (Å²) in [7, 11) is 0. The molecule has 31 heavy (non-hydrogen) atoms. The van der Waals surface area contributed by atoms with Gasteiger partial charge in [-0.1, -0.05) is 23.2 Å². The molecule has 0 aliphatic rings. The van der Waals surface area contributed by atoms with Crippen molar-refractivity contribution in [3.05, 3.63) is 81.5 Å². The fourth-order valence-electron chi connectivity index (χ4n) is 2.68. The highest BCUT2D eigenvalue weighted by Gasteiger charge is 2.13. The lowest BCUT2D eigenvalue weighted by molar-refractivity contribution is -0.112. The topological polar surface area (TPSA) is 92.3 Å². The van der Waals surface area contributed by atoms with Gasteiger partial charge in [0.15, 0.2) is 0 Å². The van der Waals surface area contributed by atoms with Gasteiger partial charge >= 0.3 is 5.97 Å². The van der Waals surface area contributed by atoms with Crippen LogP contribution < -0.4 is 5.32 Å². The number of hydrogen-bond acceptors (Lipinski definition) is 5. The monoisotopic (exact) mass is 454 g/mol. The van der Waals surface area contributed by atoms with Gasteiger partial charge in [-0.3, -0.25) is 4.79 Å². The number of halogens is 2. The maximum absolute atomic E-state index is 12.5. The van der Waals surface area contributed by atoms with Gasteiger partial charge in [-0.25, -0.2) is 4.79 Å². The zero-order valence-corrected chi connectivity index (χ0v) is 17.8. The van der Waals surface area contributed by atoms with E-state index in [1.165, 1.54) is 18.2 Å². The summed E-state index contributed by atoms with van der Waals surface area (Å²) in [5.74, 6) is -0.263. The van der Waals surface area contributed by atoms with Crippen molar-refractivity contribution < 1.29 is 18.7 Å². The van der Waals surface area contributed by atoms with Gasteiger partial charge in [-0.05, 0) is 61.5 Å². The van der Waals surface area contributed by atoms with E-state index in [4.69, 9.17) is 32.4 Å². The number of ether oxygens (including phenoxy) is 1. The summed E-state index contributed by atoms with van der Waals surface area (Å²) in [6.07, 6.45) is 1.33. The quantitative estimate of drug-likeness (QED) is 0.281. The average molecular weight is 455 g/mol. The second-order valence-corrected chi connectivity index (χ2v) is 7.15. The van der Waals surface area contributed by atoms with E-state index < -0.39 is 11.9 Å². The molecule has 156 valence electrons. The van der Waals surface area contributed by atoms with Crippen molar-refractivity contribution in [2.24, 2.45) is 0 Å². The molecule has 1 aromatic heterocycles. The Bertz CT molecular complexity index is 1170. The smallest absolute Gasteiger partial charge is 0.338 e. The predicted octanol–water partition coefficient (Wildman–Crippen LogP) is 5.98. The standard InChI is InChI=1S/C23H16Cl2N2O4/c1-2-30-23(29)14-3-5-19(6-4-14)27-22(28)16(13-26)11-20-7-8-21(31-20)15-9-17(24)12-18(25)10-15/h3-12H,2H2,1H3,(H,27,28)/b16-11+. The van der Waals surface area contributed by atoms with Gasteiger partial charge in [-0.15, -0.1) is 0 Å². The van der Waals surface area contributed by atoms with E-state index in [9.17, 15) is 14.9 Å². The van der Waals surface area contributed by atoms with Crippen molar-refractivity contribution >= 4 is 46.8 Å². The van der Waals surface area contributed by atoms with Gasteiger partial charge in [0.05, 0.1) is 12.2 Å². The number of carbonyl (C=O) groups is 2. The van der Waals surface area contributed by atoms with Gasteiger partial charge in [0, 0.05) is 27.4 Å². The summed E-state index contributed by atoms with van der Waals surface area (Å²) in [6.45, 7) is 1.99. The number of anilines is 1. The molecular formula is C23H16Cl2N2O4. The van der Waals surface area contributed by atoms with E-state index in [1.807, 2.05) is 6.07 Å². The summed E-state index contributed by atoms with van der Waals surface area (Å²) >= 11 is 12.0. The van der Waals surface area contributed by atoms with Crippen molar-refractivity contribution in [1.82, 2.24) is 0 Å². The summed E-state index contributed by atoms with van der Waals surface area (Å²) in [4.78, 5) is 24.2. The fourth-order valence-corrected chi connectivity index (χ4v) is 3.20. The van der Waals surface area contributed by atoms with Crippen LogP contribution in [0.25, 0.3) is 17.4 Å². The molecule has 1 heterocycles. The molecule has 8 heteroatoms. The Morgan fingerprint density at radius 2 is 1.77 bits per heavy atom. The zero-order valence-electron chi connectivity index (χ0n) is 16.3. The van der Waals surface area contributed by atoms with Crippen molar-refractivity contribution in [2.75, 3.05) is 11.9 Å². The Balaban J connectivity index is 1.74. The van der Waals surface area contributed by atoms with E-state index in [0.717, 1.165) is 0 Å². The minimum Gasteiger partial charge on any atom is -0.462 e. The van der Waals surface area contributed by atoms with Crippen LogP contribution >= 0.6 is 23.2 Å². The maximum atomic E-state index is 12.5. The van der Waals surface area contributed by atoms with Gasteiger partial charge in [0.25, 0.3) is 5.91 Å². The molecule has 0 fully saturated rings. The lowest BCUT2D eigenvalue weighted by Gasteiger charge is -2.06. The van der Waals surface area contributed by atoms with E-state index in [-0.39, 0.29) is 12.2 Å². The Morgan fingerprint density at radius 1 is 1.10 bits per heavy atom. The molecule has 3 aromatic rings. The Kier molecular flexibility index (Phi) is 7.14. The summed E-state index contributed by atoms with van der Waals surface area (Å²) < 4.78 is 10.6. The number of furan rings is 1. The third-order valence-corrected chi connectivity index (χ3v) is 4.52. The minimum absolute atomic E-state index is 0.153. The summed E-state index contributed by atoms with van der Waals surface area (Å²) in [5.41, 5.74) is 1.30. The van der Waals surface area contributed by atoms with E-state index in [1.54, 1.807) is 49.4 Å². The number of hydrogen-bond donors (Lipinski definition) is 1. The van der Waals surface area contributed by atoms with Gasteiger partial charge in [0.1, 0.15) is 23.2 Å². The Morgan fingerprint density at radius 3 is 2.39 bits per heavy atom. The van der Waals surface area contributed by atoms with E-state index in [0.29, 0.717) is 38.4 Å². The molecule has 0 saturated carbocycles. The summed E-state index contributed by atoms with van der Waals surface area (Å²) in [6, 6.07) is 16.3. The van der Waals surface area contributed by atoms with Gasteiger partial charge in [-0.2, -0.15) is 5.26 Å². The van der Waals surface area contributed by atoms with Crippen LogP contribution in [0.1, 0.15) is 23.0 Å². The van der Waals surface area contributed by atoms with E-state index >= 15 is 0 Å². The first-order chi connectivity index (χ1) is 14.9. The third kappa shape index (κ3) is 5.76. The number of amides is 1. The SMILES string of the molecule is CCOC(=O)c1ccc(NC(=O)/C(C#N)=C/c2ccc(-c3cc(Cl)cc(Cl)c3)o2)cc1. The second kappa shape index (κ2) is 9.98. The lowest BCUT2D eigenvalue weighted by atomic mass is 10.2. The molecule has 0 aliphatic heterocycles. The second-order valence-electron chi connectivity index (χ2n) is 6.28. The molecule has 1 amide bonds. The average Bonchev–Trinajstić information content (AvgIpc) is 3.20. The molecule has 0 atom stereocenters. The van der Waals surface area contributed by atoms with Crippen LogP contribution in [0.15, 0.2) is 64.6 Å². The number of nitriles is 1. The largest absolute Gasteiger partial charge is 0.462 e. The first-order valence-corrected chi connectivity index (χ1v) is 9.92. The molecule has 0 spiro atoms. The molecule has 0 aliphatic carbocycles. The molecular weight excluding hydrogens is 439 g/mol. The molecule has 2 aromatic carbocycles. The molecule has 0 radical (unpaired) electrons. The number of esters is 1.